The highest BCUT2D eigenvalue weighted by Gasteiger charge is 2.50. The number of guanidine groups is 1. The first-order chi connectivity index (χ1) is 19.9. The lowest BCUT2D eigenvalue weighted by Crippen LogP contribution is -2.44. The van der Waals surface area contributed by atoms with Crippen molar-refractivity contribution in [3.8, 4) is 0 Å². The van der Waals surface area contributed by atoms with Crippen molar-refractivity contribution in [2.45, 2.75) is 90.3 Å². The fourth-order valence-corrected chi connectivity index (χ4v) is 5.56. The van der Waals surface area contributed by atoms with Gasteiger partial charge >= 0.3 is 0 Å². The lowest BCUT2D eigenvalue weighted by molar-refractivity contribution is -0.132. The molecule has 9 heteroatoms. The number of aromatic nitrogens is 2. The zero-order chi connectivity index (χ0) is 30.2. The van der Waals surface area contributed by atoms with E-state index in [1.54, 1.807) is 11.9 Å². The van der Waals surface area contributed by atoms with Crippen molar-refractivity contribution in [2.75, 3.05) is 7.05 Å². The van der Waals surface area contributed by atoms with Gasteiger partial charge in [-0.3, -0.25) is 19.9 Å². The Morgan fingerprint density at radius 1 is 1.19 bits per heavy atom. The van der Waals surface area contributed by atoms with Crippen LogP contribution in [-0.4, -0.2) is 44.8 Å². The van der Waals surface area contributed by atoms with E-state index in [0.29, 0.717) is 35.5 Å². The van der Waals surface area contributed by atoms with Gasteiger partial charge in [0, 0.05) is 18.5 Å². The number of nitrogens with one attached hydrogen (secondary N) is 2. The van der Waals surface area contributed by atoms with E-state index in [4.69, 9.17) is 9.93 Å². The number of nitrogens with zero attached hydrogens (tertiary/aromatic N) is 4. The van der Waals surface area contributed by atoms with Crippen molar-refractivity contribution in [2.24, 2.45) is 5.92 Å². The number of carbonyl (C=O) groups is 2. The van der Waals surface area contributed by atoms with Crippen molar-refractivity contribution in [3.63, 3.8) is 0 Å². The second-order valence-electron chi connectivity index (χ2n) is 13.2. The highest BCUT2D eigenvalue weighted by atomic mass is 16.5. The summed E-state index contributed by atoms with van der Waals surface area (Å²) in [6, 6.07) is 15.5. The van der Waals surface area contributed by atoms with Crippen LogP contribution in [0.1, 0.15) is 105 Å². The third kappa shape index (κ3) is 5.96. The average Bonchev–Trinajstić information content (AvgIpc) is 3.65. The van der Waals surface area contributed by atoms with Gasteiger partial charge in [-0.15, -0.1) is 0 Å². The summed E-state index contributed by atoms with van der Waals surface area (Å²) in [5.41, 5.74) is 1.83. The first kappa shape index (κ1) is 29.5. The van der Waals surface area contributed by atoms with Gasteiger partial charge in [-0.25, -0.2) is 0 Å². The Bertz CT molecular complexity index is 1470. The van der Waals surface area contributed by atoms with Crippen LogP contribution >= 0.6 is 0 Å². The monoisotopic (exact) mass is 570 g/mol. The van der Waals surface area contributed by atoms with Gasteiger partial charge in [0.25, 0.3) is 11.8 Å². The number of amides is 2. The molecule has 1 aromatic heterocycles. The number of hydrogen-bond donors (Lipinski definition) is 2. The number of benzene rings is 2. The minimum atomic E-state index is -0.989. The van der Waals surface area contributed by atoms with Gasteiger partial charge in [0.1, 0.15) is 5.54 Å². The largest absolute Gasteiger partial charge is 0.339 e. The number of rotatable bonds is 10. The predicted octanol–water partition coefficient (Wildman–Crippen LogP) is 5.71. The van der Waals surface area contributed by atoms with E-state index in [9.17, 15) is 9.59 Å². The van der Waals surface area contributed by atoms with E-state index in [-0.39, 0.29) is 36.3 Å². The van der Waals surface area contributed by atoms with Crippen LogP contribution in [-0.2, 0) is 28.8 Å². The predicted molar refractivity (Wildman–Crippen MR) is 161 cm³/mol. The summed E-state index contributed by atoms with van der Waals surface area (Å²) >= 11 is 0. The molecule has 0 radical (unpaired) electrons. The van der Waals surface area contributed by atoms with Crippen LogP contribution in [0.3, 0.4) is 0 Å². The minimum Gasteiger partial charge on any atom is -0.339 e. The van der Waals surface area contributed by atoms with Gasteiger partial charge in [0.05, 0.1) is 13.1 Å². The van der Waals surface area contributed by atoms with Crippen molar-refractivity contribution in [1.29, 1.82) is 5.41 Å². The van der Waals surface area contributed by atoms with E-state index in [1.165, 1.54) is 4.90 Å². The highest BCUT2D eigenvalue weighted by Crippen LogP contribution is 2.39. The van der Waals surface area contributed by atoms with E-state index in [2.05, 4.69) is 50.1 Å². The third-order valence-electron chi connectivity index (χ3n) is 8.17. The summed E-state index contributed by atoms with van der Waals surface area (Å²) in [7, 11) is 1.74. The van der Waals surface area contributed by atoms with Gasteiger partial charge in [0.15, 0.2) is 11.8 Å². The van der Waals surface area contributed by atoms with E-state index < -0.39 is 5.54 Å². The molecule has 1 saturated carbocycles. The molecule has 222 valence electrons. The average molecular weight is 571 g/mol. The van der Waals surface area contributed by atoms with Gasteiger partial charge in [0.2, 0.25) is 5.89 Å². The third-order valence-corrected chi connectivity index (χ3v) is 8.17. The summed E-state index contributed by atoms with van der Waals surface area (Å²) in [6.07, 6.45) is 3.55. The van der Waals surface area contributed by atoms with Crippen molar-refractivity contribution in [1.82, 2.24) is 25.3 Å². The quantitative estimate of drug-likeness (QED) is 0.322. The Morgan fingerprint density at radius 3 is 2.55 bits per heavy atom. The molecule has 2 fully saturated rings. The highest BCUT2D eigenvalue weighted by molar-refractivity contribution is 6.08. The Hall–Kier alpha value is -4.01. The Morgan fingerprint density at radius 2 is 1.90 bits per heavy atom. The molecule has 1 atom stereocenters. The molecule has 1 aliphatic carbocycles. The maximum absolute atomic E-state index is 14.1. The molecule has 2 heterocycles. The zero-order valence-electron chi connectivity index (χ0n) is 25.5. The van der Waals surface area contributed by atoms with Crippen LogP contribution in [0.4, 0.5) is 0 Å². The molecule has 0 unspecified atom stereocenters. The lowest BCUT2D eigenvalue weighted by atomic mass is 9.82. The normalized spacial score (nSPS) is 19.0. The number of hydrogen-bond acceptors (Lipinski definition) is 6. The molecular formula is C33H42N6O3. The van der Waals surface area contributed by atoms with Crippen LogP contribution < -0.4 is 5.32 Å². The standard InChI is InChI=1S/C33H42N6O3/c1-21(2)16-17-33(24-10-8-7-9-11-24)30(41)39(31(34)36-33)19-22-12-15-26(32(3,4)5)25(18-22)29(40)38(6)20-27-35-28(42-37-27)23-13-14-23/h7-12,15,18,21,23H,13-14,16-17,19-20H2,1-6H3,(H2,34,36)/t33-/m1/s1. The van der Waals surface area contributed by atoms with Crippen LogP contribution in [0.25, 0.3) is 0 Å². The SMILES string of the molecule is CC(C)CC[C@]1(c2ccccc2)NC(=N)N(Cc2ccc(C(C)(C)C)c(C(=O)N(C)Cc3noc(C4CC4)n3)c2)C1=O. The van der Waals surface area contributed by atoms with Gasteiger partial charge in [-0.2, -0.15) is 4.98 Å². The summed E-state index contributed by atoms with van der Waals surface area (Å²) in [5.74, 6) is 1.66. The van der Waals surface area contributed by atoms with Gasteiger partial charge in [-0.1, -0.05) is 82.2 Å². The fourth-order valence-electron chi connectivity index (χ4n) is 5.56. The van der Waals surface area contributed by atoms with Crippen molar-refractivity contribution in [3.05, 3.63) is 82.5 Å². The molecule has 2 amide bonds. The second-order valence-corrected chi connectivity index (χ2v) is 13.2. The smallest absolute Gasteiger partial charge is 0.260 e. The first-order valence-electron chi connectivity index (χ1n) is 14.8. The molecule has 1 saturated heterocycles. The summed E-state index contributed by atoms with van der Waals surface area (Å²) in [4.78, 5) is 35.5. The van der Waals surface area contributed by atoms with Crippen molar-refractivity contribution >= 4 is 17.8 Å². The van der Waals surface area contributed by atoms with Crippen LogP contribution in [0, 0.1) is 11.3 Å². The first-order valence-corrected chi connectivity index (χ1v) is 14.8. The Labute approximate surface area is 248 Å². The van der Waals surface area contributed by atoms with Gasteiger partial charge in [-0.05, 0) is 59.8 Å². The zero-order valence-corrected chi connectivity index (χ0v) is 25.5. The molecule has 42 heavy (non-hydrogen) atoms. The van der Waals surface area contributed by atoms with Crippen LogP contribution in [0.5, 0.6) is 0 Å². The molecule has 1 aliphatic heterocycles. The van der Waals surface area contributed by atoms with Crippen molar-refractivity contribution < 1.29 is 14.1 Å². The topological polar surface area (TPSA) is 115 Å². The Balaban J connectivity index is 1.41. The molecule has 0 spiro atoms. The van der Waals surface area contributed by atoms with Gasteiger partial charge < -0.3 is 14.7 Å². The second kappa shape index (κ2) is 11.3. The van der Waals surface area contributed by atoms with E-state index in [1.807, 2.05) is 48.5 Å². The lowest BCUT2D eigenvalue weighted by Gasteiger charge is -2.29. The molecule has 3 aromatic rings. The van der Waals surface area contributed by atoms with E-state index in [0.717, 1.165) is 36.0 Å². The molecule has 5 rings (SSSR count). The summed E-state index contributed by atoms with van der Waals surface area (Å²) < 4.78 is 5.38. The maximum Gasteiger partial charge on any atom is 0.260 e. The molecular weight excluding hydrogens is 528 g/mol. The van der Waals surface area contributed by atoms with Crippen LogP contribution in [0.15, 0.2) is 53.1 Å². The fraction of sp³-hybridized carbons (Fsp3) is 0.485. The molecule has 0 bridgehead atoms. The Kier molecular flexibility index (Phi) is 7.96. The molecule has 2 aliphatic rings. The summed E-state index contributed by atoms with van der Waals surface area (Å²) in [6.45, 7) is 10.9. The molecule has 2 aromatic carbocycles. The molecule has 2 N–H and O–H groups in total. The maximum atomic E-state index is 14.1. The van der Waals surface area contributed by atoms with E-state index >= 15 is 0 Å². The van der Waals surface area contributed by atoms with Crippen LogP contribution in [0.2, 0.25) is 0 Å². The number of carbonyl (C=O) groups excluding carboxylic acids is 2. The summed E-state index contributed by atoms with van der Waals surface area (Å²) in [5, 5.41) is 16.1. The molecule has 9 nitrogen and oxygen atoms in total. The minimum absolute atomic E-state index is 0.0704.